The molecule has 2 aromatic rings. The zero-order valence-electron chi connectivity index (χ0n) is 7.32. The van der Waals surface area contributed by atoms with E-state index in [-0.39, 0.29) is 0 Å². The molecule has 1 aromatic carbocycles. The Hall–Kier alpha value is -0.360. The lowest BCUT2D eigenvalue weighted by atomic mass is 10.2. The van der Waals surface area contributed by atoms with E-state index in [1.165, 1.54) is 9.13 Å². The molecule has 0 spiro atoms. The monoisotopic (exact) mass is 362 g/mol. The Morgan fingerprint density at radius 2 is 2.00 bits per heavy atom. The molecule has 0 radical (unpaired) electrons. The third-order valence-corrected chi connectivity index (χ3v) is 2.95. The fourth-order valence-electron chi connectivity index (χ4n) is 1.20. The Kier molecular flexibility index (Phi) is 3.22. The fraction of sp³-hybridized carbons (Fsp3) is 0.100. The van der Waals surface area contributed by atoms with Gasteiger partial charge < -0.3 is 0 Å². The van der Waals surface area contributed by atoms with E-state index in [0.29, 0.717) is 0 Å². The first-order chi connectivity index (χ1) is 6.74. The normalized spacial score (nSPS) is 10.4. The van der Waals surface area contributed by atoms with Crippen LogP contribution in [-0.4, -0.2) is 9.78 Å². The molecule has 0 aliphatic heterocycles. The summed E-state index contributed by atoms with van der Waals surface area (Å²) in [6, 6.07) is 8.28. The summed E-state index contributed by atoms with van der Waals surface area (Å²) >= 11 is 5.67. The van der Waals surface area contributed by atoms with Crippen LogP contribution in [0.5, 0.6) is 0 Å². The van der Waals surface area contributed by atoms with Gasteiger partial charge in [-0.05, 0) is 40.3 Å². The van der Waals surface area contributed by atoms with Crippen molar-refractivity contribution in [3.8, 4) is 0 Å². The van der Waals surface area contributed by atoms with Crippen molar-refractivity contribution in [1.29, 1.82) is 0 Å². The highest BCUT2D eigenvalue weighted by Gasteiger charge is 1.96. The summed E-state index contributed by atoms with van der Waals surface area (Å²) in [5, 5.41) is 4.23. The summed E-state index contributed by atoms with van der Waals surface area (Å²) in [5.74, 6) is 0. The average molecular weight is 363 g/mol. The van der Waals surface area contributed by atoms with Crippen LogP contribution in [0.1, 0.15) is 5.56 Å². The third kappa shape index (κ3) is 2.57. The maximum atomic E-state index is 4.23. The molecule has 0 saturated carbocycles. The molecule has 0 amide bonds. The second-order valence-corrected chi connectivity index (χ2v) is 5.14. The predicted octanol–water partition coefficient (Wildman–Crippen LogP) is 3.30. The minimum Gasteiger partial charge on any atom is -0.267 e. The van der Waals surface area contributed by atoms with Gasteiger partial charge in [-0.15, -0.1) is 0 Å². The maximum absolute atomic E-state index is 4.23. The van der Waals surface area contributed by atoms with Crippen LogP contribution >= 0.6 is 38.5 Å². The molecule has 1 aromatic heterocycles. The minimum atomic E-state index is 0.830. The lowest BCUT2D eigenvalue weighted by molar-refractivity contribution is 0.686. The van der Waals surface area contributed by atoms with Crippen molar-refractivity contribution >= 4 is 38.5 Å². The molecular weight excluding hydrogens is 355 g/mol. The Morgan fingerprint density at radius 3 is 2.57 bits per heavy atom. The summed E-state index contributed by atoms with van der Waals surface area (Å²) in [6.07, 6.45) is 3.89. The number of hydrogen-bond acceptors (Lipinski definition) is 1. The molecule has 0 atom stereocenters. The fourth-order valence-corrected chi connectivity index (χ4v) is 1.91. The second kappa shape index (κ2) is 4.44. The molecule has 0 bridgehead atoms. The summed E-state index contributed by atoms with van der Waals surface area (Å²) < 4.78 is 4.21. The van der Waals surface area contributed by atoms with Crippen molar-refractivity contribution in [2.45, 2.75) is 6.54 Å². The summed E-state index contributed by atoms with van der Waals surface area (Å²) in [6.45, 7) is 0.830. The molecule has 4 heteroatoms. The molecule has 72 valence electrons. The topological polar surface area (TPSA) is 17.8 Å². The molecule has 2 rings (SSSR count). The lowest BCUT2D eigenvalue weighted by Crippen LogP contribution is -1.99. The number of aromatic nitrogens is 2. The number of nitrogens with zero attached hydrogens (tertiary/aromatic N) is 2. The quantitative estimate of drug-likeness (QED) is 0.749. The van der Waals surface area contributed by atoms with Crippen LogP contribution in [0.3, 0.4) is 0 Å². The highest BCUT2D eigenvalue weighted by atomic mass is 127. The number of halogens is 2. The van der Waals surface area contributed by atoms with Gasteiger partial charge in [-0.3, -0.25) is 4.68 Å². The SMILES string of the molecule is Brc1ccc(Cn2cc(I)cn2)cc1. The van der Waals surface area contributed by atoms with Crippen molar-refractivity contribution in [3.63, 3.8) is 0 Å². The van der Waals surface area contributed by atoms with Crippen LogP contribution in [0, 0.1) is 3.57 Å². The van der Waals surface area contributed by atoms with E-state index < -0.39 is 0 Å². The van der Waals surface area contributed by atoms with Gasteiger partial charge >= 0.3 is 0 Å². The third-order valence-electron chi connectivity index (χ3n) is 1.86. The van der Waals surface area contributed by atoms with Gasteiger partial charge in [0, 0.05) is 10.7 Å². The second-order valence-electron chi connectivity index (χ2n) is 2.98. The largest absolute Gasteiger partial charge is 0.267 e. The van der Waals surface area contributed by atoms with E-state index in [9.17, 15) is 0 Å². The molecule has 0 aliphatic carbocycles. The van der Waals surface area contributed by atoms with Crippen molar-refractivity contribution < 1.29 is 0 Å². The smallest absolute Gasteiger partial charge is 0.0659 e. The van der Waals surface area contributed by atoms with E-state index in [2.05, 4.69) is 55.8 Å². The molecule has 2 nitrogen and oxygen atoms in total. The highest BCUT2D eigenvalue weighted by Crippen LogP contribution is 2.11. The first-order valence-corrected chi connectivity index (χ1v) is 6.03. The van der Waals surface area contributed by atoms with Gasteiger partial charge in [0.25, 0.3) is 0 Å². The summed E-state index contributed by atoms with van der Waals surface area (Å²) in [7, 11) is 0. The van der Waals surface area contributed by atoms with Crippen LogP contribution in [0.25, 0.3) is 0 Å². The van der Waals surface area contributed by atoms with Gasteiger partial charge in [0.1, 0.15) is 0 Å². The predicted molar refractivity (Wildman–Crippen MR) is 68.2 cm³/mol. The van der Waals surface area contributed by atoms with Crippen LogP contribution in [0.15, 0.2) is 41.1 Å². The Labute approximate surface area is 105 Å². The Bertz CT molecular complexity index is 422. The van der Waals surface area contributed by atoms with Crippen LogP contribution in [0.4, 0.5) is 0 Å². The molecule has 0 saturated heterocycles. The summed E-state index contributed by atoms with van der Waals surface area (Å²) in [5.41, 5.74) is 1.26. The highest BCUT2D eigenvalue weighted by molar-refractivity contribution is 14.1. The molecule has 0 fully saturated rings. The Morgan fingerprint density at radius 1 is 1.29 bits per heavy atom. The maximum Gasteiger partial charge on any atom is 0.0659 e. The number of hydrogen-bond donors (Lipinski definition) is 0. The van der Waals surface area contributed by atoms with Crippen molar-refractivity contribution in [1.82, 2.24) is 9.78 Å². The molecule has 0 unspecified atom stereocenters. The molecular formula is C10H8BrIN2. The number of benzene rings is 1. The first kappa shape index (κ1) is 10.2. The molecule has 0 aliphatic rings. The van der Waals surface area contributed by atoms with E-state index in [4.69, 9.17) is 0 Å². The van der Waals surface area contributed by atoms with E-state index in [0.717, 1.165) is 11.0 Å². The van der Waals surface area contributed by atoms with Crippen molar-refractivity contribution in [3.05, 3.63) is 50.3 Å². The average Bonchev–Trinajstić information content (AvgIpc) is 2.56. The zero-order valence-corrected chi connectivity index (χ0v) is 11.1. The van der Waals surface area contributed by atoms with Crippen LogP contribution < -0.4 is 0 Å². The molecule has 0 N–H and O–H groups in total. The van der Waals surface area contributed by atoms with Crippen molar-refractivity contribution in [2.24, 2.45) is 0 Å². The minimum absolute atomic E-state index is 0.830. The van der Waals surface area contributed by atoms with E-state index >= 15 is 0 Å². The first-order valence-electron chi connectivity index (χ1n) is 4.16. The van der Waals surface area contributed by atoms with Gasteiger partial charge in [0.05, 0.1) is 16.3 Å². The number of rotatable bonds is 2. The van der Waals surface area contributed by atoms with Gasteiger partial charge in [0.2, 0.25) is 0 Å². The van der Waals surface area contributed by atoms with Gasteiger partial charge in [0.15, 0.2) is 0 Å². The molecule has 14 heavy (non-hydrogen) atoms. The van der Waals surface area contributed by atoms with Crippen LogP contribution in [0.2, 0.25) is 0 Å². The van der Waals surface area contributed by atoms with Gasteiger partial charge in [-0.1, -0.05) is 28.1 Å². The van der Waals surface area contributed by atoms with E-state index in [1.54, 1.807) is 0 Å². The standard InChI is InChI=1S/C10H8BrIN2/c11-9-3-1-8(2-4-9)6-14-7-10(12)5-13-14/h1-5,7H,6H2. The van der Waals surface area contributed by atoms with Gasteiger partial charge in [-0.2, -0.15) is 5.10 Å². The lowest BCUT2D eigenvalue weighted by Gasteiger charge is -2.01. The summed E-state index contributed by atoms with van der Waals surface area (Å²) in [4.78, 5) is 0. The zero-order chi connectivity index (χ0) is 9.97. The molecule has 1 heterocycles. The van der Waals surface area contributed by atoms with E-state index in [1.807, 2.05) is 29.2 Å². The Balaban J connectivity index is 2.15. The van der Waals surface area contributed by atoms with Crippen molar-refractivity contribution in [2.75, 3.05) is 0 Å². The van der Waals surface area contributed by atoms with Gasteiger partial charge in [-0.25, -0.2) is 0 Å². The van der Waals surface area contributed by atoms with Crippen LogP contribution in [-0.2, 0) is 6.54 Å².